The van der Waals surface area contributed by atoms with E-state index in [1.807, 2.05) is 6.92 Å². The van der Waals surface area contributed by atoms with Gasteiger partial charge < -0.3 is 23.8 Å². The quantitative estimate of drug-likeness (QED) is 0.279. The Bertz CT molecular complexity index is 831. The average Bonchev–Trinajstić information content (AvgIpc) is 2.72. The monoisotopic (exact) mass is 389 g/mol. The third-order valence-corrected chi connectivity index (χ3v) is 3.58. The summed E-state index contributed by atoms with van der Waals surface area (Å²) in [6.07, 6.45) is 0.818. The van der Waals surface area contributed by atoms with Crippen molar-refractivity contribution in [3.63, 3.8) is 0 Å². The molecule has 0 spiro atoms. The van der Waals surface area contributed by atoms with Crippen LogP contribution in [0.2, 0.25) is 0 Å². The first-order chi connectivity index (χ1) is 13.5. The molecule has 28 heavy (non-hydrogen) atoms. The SMILES string of the molecule is CCCO/N=C(/C)c1cccc(Oc2nc(OC)cc(OC)n2)c1C(=O)OC. The fraction of sp³-hybridized carbons (Fsp3) is 0.368. The molecule has 0 amide bonds. The molecule has 0 aliphatic rings. The van der Waals surface area contributed by atoms with Crippen LogP contribution in [0.4, 0.5) is 0 Å². The third kappa shape index (κ3) is 5.09. The highest BCUT2D eigenvalue weighted by Gasteiger charge is 2.22. The third-order valence-electron chi connectivity index (χ3n) is 3.58. The van der Waals surface area contributed by atoms with E-state index in [1.165, 1.54) is 27.4 Å². The van der Waals surface area contributed by atoms with Gasteiger partial charge in [-0.15, -0.1) is 0 Å². The Kier molecular flexibility index (Phi) is 7.55. The number of benzene rings is 1. The van der Waals surface area contributed by atoms with Crippen molar-refractivity contribution in [2.45, 2.75) is 20.3 Å². The summed E-state index contributed by atoms with van der Waals surface area (Å²) in [6, 6.07) is 6.50. The van der Waals surface area contributed by atoms with Gasteiger partial charge in [-0.3, -0.25) is 0 Å². The van der Waals surface area contributed by atoms with E-state index in [0.717, 1.165) is 6.42 Å². The van der Waals surface area contributed by atoms with Crippen LogP contribution >= 0.6 is 0 Å². The minimum absolute atomic E-state index is 0.0460. The zero-order valence-electron chi connectivity index (χ0n) is 16.5. The van der Waals surface area contributed by atoms with E-state index in [-0.39, 0.29) is 29.1 Å². The lowest BCUT2D eigenvalue weighted by atomic mass is 10.0. The van der Waals surface area contributed by atoms with Gasteiger partial charge in [0, 0.05) is 5.56 Å². The van der Waals surface area contributed by atoms with E-state index in [9.17, 15) is 4.79 Å². The Morgan fingerprint density at radius 2 is 1.79 bits per heavy atom. The van der Waals surface area contributed by atoms with E-state index in [1.54, 1.807) is 25.1 Å². The van der Waals surface area contributed by atoms with Crippen molar-refractivity contribution in [2.24, 2.45) is 5.16 Å². The maximum absolute atomic E-state index is 12.4. The molecule has 2 aromatic rings. The van der Waals surface area contributed by atoms with Crippen LogP contribution in [0.15, 0.2) is 29.4 Å². The molecule has 0 aliphatic heterocycles. The highest BCUT2D eigenvalue weighted by atomic mass is 16.6. The Hall–Kier alpha value is -3.36. The number of ether oxygens (including phenoxy) is 4. The molecule has 150 valence electrons. The van der Waals surface area contributed by atoms with Crippen molar-refractivity contribution < 1.29 is 28.6 Å². The van der Waals surface area contributed by atoms with Gasteiger partial charge >= 0.3 is 12.0 Å². The maximum Gasteiger partial charge on any atom is 0.342 e. The highest BCUT2D eigenvalue weighted by Crippen LogP contribution is 2.29. The fourth-order valence-electron chi connectivity index (χ4n) is 2.25. The molecule has 0 radical (unpaired) electrons. The van der Waals surface area contributed by atoms with Crippen LogP contribution in [0.5, 0.6) is 23.5 Å². The van der Waals surface area contributed by atoms with E-state index in [2.05, 4.69) is 15.1 Å². The Balaban J connectivity index is 2.48. The minimum atomic E-state index is -0.592. The summed E-state index contributed by atoms with van der Waals surface area (Å²) in [4.78, 5) is 25.9. The molecule has 0 fully saturated rings. The number of oxime groups is 1. The predicted octanol–water partition coefficient (Wildman–Crippen LogP) is 3.22. The van der Waals surface area contributed by atoms with E-state index in [0.29, 0.717) is 17.9 Å². The zero-order chi connectivity index (χ0) is 20.5. The van der Waals surface area contributed by atoms with Gasteiger partial charge in [0.25, 0.3) is 0 Å². The van der Waals surface area contributed by atoms with Crippen LogP contribution in [-0.4, -0.2) is 49.6 Å². The molecule has 1 aromatic carbocycles. The lowest BCUT2D eigenvalue weighted by Gasteiger charge is -2.13. The zero-order valence-corrected chi connectivity index (χ0v) is 16.5. The molecule has 1 aromatic heterocycles. The number of rotatable bonds is 9. The van der Waals surface area contributed by atoms with Crippen LogP contribution in [0, 0.1) is 0 Å². The van der Waals surface area contributed by atoms with Gasteiger partial charge in [0.05, 0.1) is 33.1 Å². The summed E-state index contributed by atoms with van der Waals surface area (Å²) in [5.74, 6) is 0.113. The van der Waals surface area contributed by atoms with Gasteiger partial charge in [0.1, 0.15) is 17.9 Å². The molecular weight excluding hydrogens is 366 g/mol. The summed E-state index contributed by atoms with van der Waals surface area (Å²) in [6.45, 7) is 4.17. The van der Waals surface area contributed by atoms with Gasteiger partial charge in [-0.25, -0.2) is 4.79 Å². The molecular formula is C19H23N3O6. The van der Waals surface area contributed by atoms with Gasteiger partial charge in [-0.2, -0.15) is 9.97 Å². The number of hydrogen-bond donors (Lipinski definition) is 0. The Morgan fingerprint density at radius 1 is 1.11 bits per heavy atom. The van der Waals surface area contributed by atoms with E-state index < -0.39 is 5.97 Å². The molecule has 0 bridgehead atoms. The maximum atomic E-state index is 12.4. The van der Waals surface area contributed by atoms with Crippen molar-refractivity contribution in [3.8, 4) is 23.5 Å². The number of carbonyl (C=O) groups is 1. The van der Waals surface area contributed by atoms with Crippen molar-refractivity contribution in [3.05, 3.63) is 35.4 Å². The standard InChI is InChI=1S/C19H23N3O6/c1-6-10-27-22-12(2)13-8-7-9-14(17(13)18(23)26-5)28-19-20-15(24-3)11-16(21-19)25-4/h7-9,11H,6,10H2,1-5H3/b22-12-. The molecule has 0 saturated heterocycles. The summed E-state index contributed by atoms with van der Waals surface area (Å²) in [5, 5.41) is 4.05. The normalized spacial score (nSPS) is 11.0. The van der Waals surface area contributed by atoms with Crippen molar-refractivity contribution >= 4 is 11.7 Å². The topological polar surface area (TPSA) is 101 Å². The number of nitrogens with zero attached hydrogens (tertiary/aromatic N) is 3. The molecule has 0 N–H and O–H groups in total. The van der Waals surface area contributed by atoms with Gasteiger partial charge in [-0.05, 0) is 19.4 Å². The first kappa shape index (κ1) is 20.9. The summed E-state index contributed by atoms with van der Waals surface area (Å²) < 4.78 is 20.9. The smallest absolute Gasteiger partial charge is 0.342 e. The summed E-state index contributed by atoms with van der Waals surface area (Å²) >= 11 is 0. The number of hydrogen-bond acceptors (Lipinski definition) is 9. The fourth-order valence-corrected chi connectivity index (χ4v) is 2.25. The van der Waals surface area contributed by atoms with Crippen LogP contribution in [0.1, 0.15) is 36.2 Å². The van der Waals surface area contributed by atoms with Gasteiger partial charge in [0.2, 0.25) is 11.8 Å². The first-order valence-electron chi connectivity index (χ1n) is 8.57. The van der Waals surface area contributed by atoms with Gasteiger partial charge in [-0.1, -0.05) is 24.2 Å². The lowest BCUT2D eigenvalue weighted by Crippen LogP contribution is -2.12. The molecule has 0 saturated carbocycles. The largest absolute Gasteiger partial charge is 0.481 e. The molecule has 2 rings (SSSR count). The Labute approximate surface area is 163 Å². The summed E-state index contributed by atoms with van der Waals surface area (Å²) in [7, 11) is 4.21. The van der Waals surface area contributed by atoms with Crippen LogP contribution < -0.4 is 14.2 Å². The highest BCUT2D eigenvalue weighted by molar-refractivity contribution is 6.09. The van der Waals surface area contributed by atoms with Crippen LogP contribution in [0.25, 0.3) is 0 Å². The van der Waals surface area contributed by atoms with Gasteiger partial charge in [0.15, 0.2) is 0 Å². The Morgan fingerprint density at radius 3 is 2.36 bits per heavy atom. The van der Waals surface area contributed by atoms with Crippen molar-refractivity contribution in [2.75, 3.05) is 27.9 Å². The van der Waals surface area contributed by atoms with Crippen LogP contribution in [0.3, 0.4) is 0 Å². The molecule has 0 aliphatic carbocycles. The molecule has 0 atom stereocenters. The van der Waals surface area contributed by atoms with Crippen molar-refractivity contribution in [1.29, 1.82) is 0 Å². The number of aromatic nitrogens is 2. The number of carbonyl (C=O) groups excluding carboxylic acids is 1. The molecule has 9 nitrogen and oxygen atoms in total. The second kappa shape index (κ2) is 10.1. The van der Waals surface area contributed by atoms with Crippen molar-refractivity contribution in [1.82, 2.24) is 9.97 Å². The second-order valence-corrected chi connectivity index (χ2v) is 5.52. The van der Waals surface area contributed by atoms with E-state index in [4.69, 9.17) is 23.8 Å². The minimum Gasteiger partial charge on any atom is -0.481 e. The molecule has 1 heterocycles. The van der Waals surface area contributed by atoms with E-state index >= 15 is 0 Å². The molecule has 0 unspecified atom stereocenters. The predicted molar refractivity (Wildman–Crippen MR) is 101 cm³/mol. The summed E-state index contributed by atoms with van der Waals surface area (Å²) in [5.41, 5.74) is 1.19. The second-order valence-electron chi connectivity index (χ2n) is 5.52. The van der Waals surface area contributed by atoms with Crippen LogP contribution in [-0.2, 0) is 9.57 Å². The molecule has 9 heteroatoms. The number of esters is 1. The lowest BCUT2D eigenvalue weighted by molar-refractivity contribution is 0.0597. The number of methoxy groups -OCH3 is 3. The first-order valence-corrected chi connectivity index (χ1v) is 8.57. The average molecular weight is 389 g/mol.